The summed E-state index contributed by atoms with van der Waals surface area (Å²) in [6.45, 7) is 2.00. The highest BCUT2D eigenvalue weighted by atomic mass is 79.9. The predicted octanol–water partition coefficient (Wildman–Crippen LogP) is 3.24. The highest BCUT2D eigenvalue weighted by molar-refractivity contribution is 9.10. The van der Waals surface area contributed by atoms with Crippen LogP contribution in [0, 0.1) is 5.82 Å². The van der Waals surface area contributed by atoms with E-state index in [2.05, 4.69) is 26.2 Å². The Bertz CT molecular complexity index is 576. The lowest BCUT2D eigenvalue weighted by molar-refractivity contribution is 0.450. The van der Waals surface area contributed by atoms with E-state index < -0.39 is 0 Å². The molecule has 2 heterocycles. The summed E-state index contributed by atoms with van der Waals surface area (Å²) in [6, 6.07) is 5.11. The molecular weight excluding hydrogens is 309 g/mol. The van der Waals surface area contributed by atoms with E-state index in [-0.39, 0.29) is 5.82 Å². The second kappa shape index (κ2) is 5.43. The number of nitrogens with zero attached hydrogens (tertiary/aromatic N) is 2. The maximum Gasteiger partial charge on any atom is 0.148 e. The van der Waals surface area contributed by atoms with E-state index in [0.29, 0.717) is 11.6 Å². The lowest BCUT2D eigenvalue weighted by Gasteiger charge is -2.23. The fourth-order valence-electron chi connectivity index (χ4n) is 2.59. The van der Waals surface area contributed by atoms with Gasteiger partial charge in [0.05, 0.1) is 12.0 Å². The van der Waals surface area contributed by atoms with Gasteiger partial charge in [0.2, 0.25) is 0 Å². The average molecular weight is 324 g/mol. The molecule has 100 valence electrons. The van der Waals surface area contributed by atoms with Crippen LogP contribution in [0.1, 0.15) is 24.5 Å². The molecule has 1 aliphatic rings. The van der Waals surface area contributed by atoms with Crippen molar-refractivity contribution in [1.29, 1.82) is 0 Å². The van der Waals surface area contributed by atoms with Crippen molar-refractivity contribution in [2.45, 2.75) is 18.8 Å². The zero-order chi connectivity index (χ0) is 13.2. The second-order valence-electron chi connectivity index (χ2n) is 4.83. The molecule has 1 saturated heterocycles. The number of rotatable bonds is 2. The minimum atomic E-state index is -0.239. The molecule has 1 aromatic heterocycles. The fraction of sp³-hybridized carbons (Fsp3) is 0.357. The Kier molecular flexibility index (Phi) is 3.66. The van der Waals surface area contributed by atoms with Crippen molar-refractivity contribution in [3.63, 3.8) is 0 Å². The summed E-state index contributed by atoms with van der Waals surface area (Å²) in [7, 11) is 0. The Hall–Kier alpha value is -1.20. The summed E-state index contributed by atoms with van der Waals surface area (Å²) >= 11 is 3.28. The van der Waals surface area contributed by atoms with Gasteiger partial charge in [-0.3, -0.25) is 0 Å². The van der Waals surface area contributed by atoms with Crippen molar-refractivity contribution in [3.8, 4) is 5.69 Å². The van der Waals surface area contributed by atoms with Gasteiger partial charge in [-0.15, -0.1) is 0 Å². The van der Waals surface area contributed by atoms with Gasteiger partial charge in [-0.1, -0.05) is 15.9 Å². The third-order valence-electron chi connectivity index (χ3n) is 3.55. The van der Waals surface area contributed by atoms with E-state index >= 15 is 0 Å². The van der Waals surface area contributed by atoms with Gasteiger partial charge in [-0.05, 0) is 37.6 Å². The van der Waals surface area contributed by atoms with Crippen LogP contribution < -0.4 is 5.32 Å². The van der Waals surface area contributed by atoms with Gasteiger partial charge in [0.1, 0.15) is 5.82 Å². The molecule has 0 radical (unpaired) electrons. The van der Waals surface area contributed by atoms with Crippen molar-refractivity contribution < 1.29 is 4.39 Å². The molecule has 1 fully saturated rings. The quantitative estimate of drug-likeness (QED) is 0.919. The Balaban J connectivity index is 1.99. The Morgan fingerprint density at radius 2 is 2.32 bits per heavy atom. The van der Waals surface area contributed by atoms with E-state index in [1.54, 1.807) is 12.4 Å². The largest absolute Gasteiger partial charge is 0.316 e. The number of aromatic nitrogens is 2. The fourth-order valence-corrected chi connectivity index (χ4v) is 2.92. The first kappa shape index (κ1) is 12.8. The summed E-state index contributed by atoms with van der Waals surface area (Å²) in [4.78, 5) is 4.19. The lowest BCUT2D eigenvalue weighted by Crippen LogP contribution is -2.29. The van der Waals surface area contributed by atoms with Crippen molar-refractivity contribution in [2.24, 2.45) is 0 Å². The number of hydrogen-bond donors (Lipinski definition) is 1. The van der Waals surface area contributed by atoms with E-state index in [9.17, 15) is 4.39 Å². The molecule has 1 aliphatic heterocycles. The van der Waals surface area contributed by atoms with E-state index in [1.807, 2.05) is 16.8 Å². The molecule has 0 aliphatic carbocycles. The van der Waals surface area contributed by atoms with Gasteiger partial charge in [0.15, 0.2) is 0 Å². The molecule has 19 heavy (non-hydrogen) atoms. The van der Waals surface area contributed by atoms with Gasteiger partial charge < -0.3 is 9.88 Å². The molecular formula is C14H15BrFN3. The standard InChI is InChI=1S/C14H15BrFN3/c15-11-3-4-13(12(16)6-11)19-9-18-8-14(19)10-2-1-5-17-7-10/h3-4,6,8-10,17H,1-2,5,7H2. The first-order valence-corrected chi connectivity index (χ1v) is 7.23. The van der Waals surface area contributed by atoms with Crippen LogP contribution in [0.3, 0.4) is 0 Å². The van der Waals surface area contributed by atoms with Crippen LogP contribution in [-0.4, -0.2) is 22.6 Å². The molecule has 1 unspecified atom stereocenters. The third kappa shape index (κ3) is 2.58. The minimum Gasteiger partial charge on any atom is -0.316 e. The molecule has 0 saturated carbocycles. The highest BCUT2D eigenvalue weighted by Crippen LogP contribution is 2.27. The number of halogens is 2. The number of benzene rings is 1. The van der Waals surface area contributed by atoms with Crippen molar-refractivity contribution in [3.05, 3.63) is 46.7 Å². The zero-order valence-electron chi connectivity index (χ0n) is 10.4. The molecule has 0 spiro atoms. The van der Waals surface area contributed by atoms with Gasteiger partial charge in [-0.25, -0.2) is 9.37 Å². The van der Waals surface area contributed by atoms with Crippen LogP contribution in [0.4, 0.5) is 4.39 Å². The number of imidazole rings is 1. The van der Waals surface area contributed by atoms with Crippen LogP contribution in [0.5, 0.6) is 0 Å². The third-order valence-corrected chi connectivity index (χ3v) is 4.04. The maximum absolute atomic E-state index is 14.1. The molecule has 2 aromatic rings. The molecule has 3 nitrogen and oxygen atoms in total. The van der Waals surface area contributed by atoms with Gasteiger partial charge >= 0.3 is 0 Å². The average Bonchev–Trinajstić information content (AvgIpc) is 2.89. The molecule has 3 rings (SSSR count). The van der Waals surface area contributed by atoms with Crippen molar-refractivity contribution >= 4 is 15.9 Å². The molecule has 1 atom stereocenters. The van der Waals surface area contributed by atoms with Crippen LogP contribution in [0.15, 0.2) is 35.2 Å². The maximum atomic E-state index is 14.1. The van der Waals surface area contributed by atoms with Crippen LogP contribution in [-0.2, 0) is 0 Å². The minimum absolute atomic E-state index is 0.239. The molecule has 1 aromatic carbocycles. The predicted molar refractivity (Wildman–Crippen MR) is 76.1 cm³/mol. The summed E-state index contributed by atoms with van der Waals surface area (Å²) in [5.74, 6) is 0.164. The van der Waals surface area contributed by atoms with Crippen LogP contribution in [0.25, 0.3) is 5.69 Å². The zero-order valence-corrected chi connectivity index (χ0v) is 12.0. The highest BCUT2D eigenvalue weighted by Gasteiger charge is 2.20. The molecule has 0 amide bonds. The normalized spacial score (nSPS) is 19.6. The lowest BCUT2D eigenvalue weighted by atomic mass is 9.96. The molecule has 1 N–H and O–H groups in total. The number of hydrogen-bond acceptors (Lipinski definition) is 2. The first-order valence-electron chi connectivity index (χ1n) is 6.44. The van der Waals surface area contributed by atoms with Gasteiger partial charge in [0, 0.05) is 28.8 Å². The van der Waals surface area contributed by atoms with E-state index in [4.69, 9.17) is 0 Å². The van der Waals surface area contributed by atoms with Gasteiger partial charge in [0.25, 0.3) is 0 Å². The Morgan fingerprint density at radius 1 is 1.42 bits per heavy atom. The van der Waals surface area contributed by atoms with Gasteiger partial charge in [-0.2, -0.15) is 0 Å². The van der Waals surface area contributed by atoms with Crippen LogP contribution in [0.2, 0.25) is 0 Å². The number of nitrogens with one attached hydrogen (secondary N) is 1. The second-order valence-corrected chi connectivity index (χ2v) is 5.74. The summed E-state index contributed by atoms with van der Waals surface area (Å²) < 4.78 is 16.7. The van der Waals surface area contributed by atoms with Crippen molar-refractivity contribution in [1.82, 2.24) is 14.9 Å². The van der Waals surface area contributed by atoms with Crippen LogP contribution >= 0.6 is 15.9 Å². The van der Waals surface area contributed by atoms with E-state index in [0.717, 1.165) is 36.1 Å². The Morgan fingerprint density at radius 3 is 3.05 bits per heavy atom. The smallest absolute Gasteiger partial charge is 0.148 e. The topological polar surface area (TPSA) is 29.9 Å². The first-order chi connectivity index (χ1) is 9.25. The van der Waals surface area contributed by atoms with Crippen molar-refractivity contribution in [2.75, 3.05) is 13.1 Å². The SMILES string of the molecule is Fc1cc(Br)ccc1-n1cncc1C1CCCNC1. The summed E-state index contributed by atoms with van der Waals surface area (Å²) in [6.07, 6.45) is 5.81. The summed E-state index contributed by atoms with van der Waals surface area (Å²) in [5.41, 5.74) is 1.63. The monoisotopic (exact) mass is 323 g/mol. The molecule has 5 heteroatoms. The Labute approximate surface area is 120 Å². The molecule has 0 bridgehead atoms. The van der Waals surface area contributed by atoms with E-state index in [1.165, 1.54) is 6.07 Å². The number of piperidine rings is 1. The summed E-state index contributed by atoms with van der Waals surface area (Å²) in [5, 5.41) is 3.38.